The van der Waals surface area contributed by atoms with E-state index in [-0.39, 0.29) is 13.0 Å². The number of esters is 1. The molecule has 0 saturated heterocycles. The van der Waals surface area contributed by atoms with Gasteiger partial charge in [0.15, 0.2) is 0 Å². The van der Waals surface area contributed by atoms with Crippen LogP contribution >= 0.6 is 0 Å². The third kappa shape index (κ3) is 13.3. The Morgan fingerprint density at radius 1 is 0.833 bits per heavy atom. The van der Waals surface area contributed by atoms with Crippen molar-refractivity contribution in [1.82, 2.24) is 10.2 Å². The lowest BCUT2D eigenvalue weighted by atomic mass is 10.0. The van der Waals surface area contributed by atoms with Crippen LogP contribution in [0.3, 0.4) is 0 Å². The van der Waals surface area contributed by atoms with Gasteiger partial charge in [-0.25, -0.2) is 9.59 Å². The van der Waals surface area contributed by atoms with Gasteiger partial charge >= 0.3 is 12.1 Å². The average molecular weight is 662 g/mol. The summed E-state index contributed by atoms with van der Waals surface area (Å²) < 4.78 is 22.9. The van der Waals surface area contributed by atoms with Crippen LogP contribution in [0.5, 0.6) is 11.5 Å². The van der Waals surface area contributed by atoms with Crippen molar-refractivity contribution in [3.05, 3.63) is 89.5 Å². The third-order valence-electron chi connectivity index (χ3n) is 7.38. The molecule has 0 fully saturated rings. The molecule has 3 rings (SSSR count). The number of anilines is 1. The van der Waals surface area contributed by atoms with Gasteiger partial charge in [-0.15, -0.1) is 0 Å². The van der Waals surface area contributed by atoms with Crippen molar-refractivity contribution in [2.24, 2.45) is 0 Å². The number of unbranched alkanes of at least 4 members (excludes halogenated alkanes) is 1. The number of nitrogens with zero attached hydrogens (tertiary/aromatic N) is 1. The summed E-state index contributed by atoms with van der Waals surface area (Å²) in [4.78, 5) is 41.6. The molecule has 0 saturated carbocycles. The van der Waals surface area contributed by atoms with E-state index in [9.17, 15) is 14.4 Å². The molecule has 0 aliphatic carbocycles. The standard InChI is InChI=1S/C38H51N3O7/c1-7-10-23-45-34-26-30(36(43)46-24-22-41(8-2)9-3)18-21-32(34)39-35(42)33(40-37(44)48-38(4,5)6)25-28-16-19-31(20-17-28)47-27-29-14-12-11-13-15-29/h11-21,26,33H,7-10,22-25,27H2,1-6H3,(H,39,42)(H,40,44)/t33-/m1/s1. The predicted molar refractivity (Wildman–Crippen MR) is 188 cm³/mol. The first-order valence-corrected chi connectivity index (χ1v) is 16.7. The van der Waals surface area contributed by atoms with Crippen LogP contribution in [0.4, 0.5) is 10.5 Å². The maximum absolute atomic E-state index is 13.7. The van der Waals surface area contributed by atoms with Crippen molar-refractivity contribution in [3.63, 3.8) is 0 Å². The number of carbonyl (C=O) groups is 3. The number of hydrogen-bond acceptors (Lipinski definition) is 8. The fourth-order valence-electron chi connectivity index (χ4n) is 4.67. The zero-order valence-corrected chi connectivity index (χ0v) is 29.2. The van der Waals surface area contributed by atoms with Crippen molar-refractivity contribution < 1.29 is 33.3 Å². The number of carbonyl (C=O) groups excluding carboxylic acids is 3. The fraction of sp³-hybridized carbons (Fsp3) is 0.447. The molecular formula is C38H51N3O7. The molecule has 1 atom stereocenters. The highest BCUT2D eigenvalue weighted by Gasteiger charge is 2.26. The topological polar surface area (TPSA) is 115 Å². The highest BCUT2D eigenvalue weighted by atomic mass is 16.6. The second kappa shape index (κ2) is 19.3. The van der Waals surface area contributed by atoms with Crippen molar-refractivity contribution in [2.45, 2.75) is 79.1 Å². The molecule has 0 aliphatic heterocycles. The van der Waals surface area contributed by atoms with Gasteiger partial charge in [0.2, 0.25) is 5.91 Å². The Hall–Kier alpha value is -4.57. The number of rotatable bonds is 18. The second-order valence-electron chi connectivity index (χ2n) is 12.4. The van der Waals surface area contributed by atoms with E-state index in [0.29, 0.717) is 42.5 Å². The SMILES string of the molecule is CCCCOc1cc(C(=O)OCCN(CC)CC)ccc1NC(=O)[C@@H](Cc1ccc(OCc2ccccc2)cc1)NC(=O)OC(C)(C)C. The first-order valence-electron chi connectivity index (χ1n) is 16.7. The van der Waals surface area contributed by atoms with Gasteiger partial charge in [-0.3, -0.25) is 4.79 Å². The van der Waals surface area contributed by atoms with Gasteiger partial charge in [0.05, 0.1) is 17.9 Å². The molecule has 48 heavy (non-hydrogen) atoms. The van der Waals surface area contributed by atoms with Gasteiger partial charge in [0.1, 0.15) is 36.4 Å². The van der Waals surface area contributed by atoms with E-state index in [1.165, 1.54) is 0 Å². The summed E-state index contributed by atoms with van der Waals surface area (Å²) in [5.41, 5.74) is 1.80. The number of nitrogens with one attached hydrogen (secondary N) is 2. The van der Waals surface area contributed by atoms with Crippen molar-refractivity contribution >= 4 is 23.7 Å². The maximum atomic E-state index is 13.7. The summed E-state index contributed by atoms with van der Waals surface area (Å²) >= 11 is 0. The number of benzene rings is 3. The van der Waals surface area contributed by atoms with Gasteiger partial charge in [-0.05, 0) is 81.7 Å². The van der Waals surface area contributed by atoms with Crippen LogP contribution in [0.2, 0.25) is 0 Å². The number of amides is 2. The molecule has 0 aromatic heterocycles. The van der Waals surface area contributed by atoms with E-state index in [1.54, 1.807) is 39.0 Å². The van der Waals surface area contributed by atoms with Crippen LogP contribution in [0, 0.1) is 0 Å². The van der Waals surface area contributed by atoms with Crippen LogP contribution < -0.4 is 20.1 Å². The minimum atomic E-state index is -0.982. The average Bonchev–Trinajstić information content (AvgIpc) is 3.06. The zero-order chi connectivity index (χ0) is 34.9. The molecule has 2 N–H and O–H groups in total. The summed E-state index contributed by atoms with van der Waals surface area (Å²) in [6.45, 7) is 14.9. The number of likely N-dealkylation sites (N-methyl/N-ethyl adjacent to an activating group) is 1. The second-order valence-corrected chi connectivity index (χ2v) is 12.4. The molecule has 0 heterocycles. The molecule has 3 aromatic carbocycles. The van der Waals surface area contributed by atoms with E-state index in [2.05, 4.69) is 29.4 Å². The Morgan fingerprint density at radius 2 is 1.54 bits per heavy atom. The molecule has 3 aromatic rings. The number of hydrogen-bond donors (Lipinski definition) is 2. The summed E-state index contributed by atoms with van der Waals surface area (Å²) in [6, 6.07) is 21.1. The molecule has 10 nitrogen and oxygen atoms in total. The van der Waals surface area contributed by atoms with Crippen molar-refractivity contribution in [3.8, 4) is 11.5 Å². The summed E-state index contributed by atoms with van der Waals surface area (Å²) in [5, 5.41) is 5.62. The van der Waals surface area contributed by atoms with E-state index in [0.717, 1.165) is 37.1 Å². The quantitative estimate of drug-likeness (QED) is 0.110. The van der Waals surface area contributed by atoms with E-state index in [1.807, 2.05) is 61.5 Å². The van der Waals surface area contributed by atoms with Crippen molar-refractivity contribution in [2.75, 3.05) is 38.2 Å². The molecule has 0 spiro atoms. The fourth-order valence-corrected chi connectivity index (χ4v) is 4.67. The first kappa shape index (κ1) is 37.9. The minimum Gasteiger partial charge on any atom is -0.491 e. The largest absolute Gasteiger partial charge is 0.491 e. The smallest absolute Gasteiger partial charge is 0.408 e. The highest BCUT2D eigenvalue weighted by molar-refractivity contribution is 5.99. The lowest BCUT2D eigenvalue weighted by Gasteiger charge is -2.24. The molecular weight excluding hydrogens is 610 g/mol. The minimum absolute atomic E-state index is 0.188. The Balaban J connectivity index is 1.76. The van der Waals surface area contributed by atoms with Gasteiger partial charge < -0.3 is 34.5 Å². The third-order valence-corrected chi connectivity index (χ3v) is 7.38. The van der Waals surface area contributed by atoms with Crippen LogP contribution in [0.1, 0.15) is 75.9 Å². The predicted octanol–water partition coefficient (Wildman–Crippen LogP) is 7.02. The van der Waals surface area contributed by atoms with Gasteiger partial charge in [-0.2, -0.15) is 0 Å². The molecule has 2 amide bonds. The summed E-state index contributed by atoms with van der Waals surface area (Å²) in [5.74, 6) is 0.0800. The first-order chi connectivity index (χ1) is 23.0. The molecule has 260 valence electrons. The highest BCUT2D eigenvalue weighted by Crippen LogP contribution is 2.27. The Kier molecular flexibility index (Phi) is 15.2. The summed E-state index contributed by atoms with van der Waals surface area (Å²) in [7, 11) is 0. The zero-order valence-electron chi connectivity index (χ0n) is 29.2. The Morgan fingerprint density at radius 3 is 2.19 bits per heavy atom. The lowest BCUT2D eigenvalue weighted by Crippen LogP contribution is -2.47. The number of alkyl carbamates (subject to hydrolysis) is 1. The van der Waals surface area contributed by atoms with Crippen LogP contribution in [0.15, 0.2) is 72.8 Å². The van der Waals surface area contributed by atoms with Crippen LogP contribution in [-0.4, -0.2) is 67.4 Å². The monoisotopic (exact) mass is 661 g/mol. The van der Waals surface area contributed by atoms with E-state index >= 15 is 0 Å². The van der Waals surface area contributed by atoms with Gasteiger partial charge in [0.25, 0.3) is 0 Å². The van der Waals surface area contributed by atoms with E-state index < -0.39 is 29.6 Å². The van der Waals surface area contributed by atoms with Crippen molar-refractivity contribution in [1.29, 1.82) is 0 Å². The normalized spacial score (nSPS) is 11.8. The van der Waals surface area contributed by atoms with Gasteiger partial charge in [-0.1, -0.05) is 69.7 Å². The lowest BCUT2D eigenvalue weighted by molar-refractivity contribution is -0.118. The molecule has 10 heteroatoms. The Bertz CT molecular complexity index is 1430. The van der Waals surface area contributed by atoms with Crippen LogP contribution in [0.25, 0.3) is 0 Å². The van der Waals surface area contributed by atoms with Gasteiger partial charge in [0, 0.05) is 13.0 Å². The molecule has 0 bridgehead atoms. The molecule has 0 unspecified atom stereocenters. The molecule has 0 radical (unpaired) electrons. The Labute approximate surface area is 285 Å². The maximum Gasteiger partial charge on any atom is 0.408 e. The van der Waals surface area contributed by atoms with E-state index in [4.69, 9.17) is 18.9 Å². The summed E-state index contributed by atoms with van der Waals surface area (Å²) in [6.07, 6.45) is 1.17. The van der Waals surface area contributed by atoms with Crippen LogP contribution in [-0.2, 0) is 27.3 Å². The molecule has 0 aliphatic rings. The number of ether oxygens (including phenoxy) is 4.